The van der Waals surface area contributed by atoms with Crippen molar-refractivity contribution < 1.29 is 13.2 Å². The van der Waals surface area contributed by atoms with E-state index in [0.717, 1.165) is 25.6 Å². The fraction of sp³-hybridized carbons (Fsp3) is 0.600. The normalized spacial score (nSPS) is 22.8. The van der Waals surface area contributed by atoms with E-state index in [4.69, 9.17) is 5.73 Å². The van der Waals surface area contributed by atoms with Crippen molar-refractivity contribution >= 4 is 0 Å². The van der Waals surface area contributed by atoms with E-state index in [1.165, 1.54) is 18.6 Å². The first kappa shape index (κ1) is 15.3. The van der Waals surface area contributed by atoms with E-state index in [0.29, 0.717) is 12.5 Å². The molecule has 1 heterocycles. The van der Waals surface area contributed by atoms with Crippen molar-refractivity contribution in [1.29, 1.82) is 0 Å². The Morgan fingerprint density at radius 3 is 2.70 bits per heavy atom. The molecular weight excluding hydrogens is 265 g/mol. The molecule has 2 rings (SSSR count). The summed E-state index contributed by atoms with van der Waals surface area (Å²) >= 11 is 0. The van der Waals surface area contributed by atoms with Crippen LogP contribution >= 0.6 is 0 Å². The van der Waals surface area contributed by atoms with Crippen LogP contribution in [0.1, 0.15) is 36.9 Å². The Kier molecular flexibility index (Phi) is 4.70. The lowest BCUT2D eigenvalue weighted by Crippen LogP contribution is -2.39. The van der Waals surface area contributed by atoms with E-state index >= 15 is 0 Å². The molecule has 2 N–H and O–H groups in total. The van der Waals surface area contributed by atoms with Gasteiger partial charge in [-0.3, -0.25) is 0 Å². The molecule has 1 aromatic rings. The fourth-order valence-electron chi connectivity index (χ4n) is 2.91. The predicted molar refractivity (Wildman–Crippen MR) is 73.2 cm³/mol. The van der Waals surface area contributed by atoms with Crippen molar-refractivity contribution in [3.63, 3.8) is 0 Å². The van der Waals surface area contributed by atoms with E-state index < -0.39 is 17.8 Å². The van der Waals surface area contributed by atoms with Crippen molar-refractivity contribution in [1.82, 2.24) is 4.90 Å². The minimum Gasteiger partial charge on any atom is -0.323 e. The van der Waals surface area contributed by atoms with Crippen LogP contribution in [0.4, 0.5) is 13.2 Å². The highest BCUT2D eigenvalue weighted by Gasteiger charge is 2.34. The van der Waals surface area contributed by atoms with Gasteiger partial charge < -0.3 is 10.6 Å². The number of hydrogen-bond acceptors (Lipinski definition) is 2. The smallest absolute Gasteiger partial charge is 0.323 e. The third-order valence-electron chi connectivity index (χ3n) is 3.86. The Bertz CT molecular complexity index is 445. The molecule has 2 nitrogen and oxygen atoms in total. The molecule has 1 fully saturated rings. The molecule has 1 saturated heterocycles. The number of likely N-dealkylation sites (tertiary alicyclic amines) is 1. The molecule has 0 saturated carbocycles. The van der Waals surface area contributed by atoms with Crippen molar-refractivity contribution in [3.05, 3.63) is 35.4 Å². The summed E-state index contributed by atoms with van der Waals surface area (Å²) < 4.78 is 38.9. The molecule has 2 unspecified atom stereocenters. The summed E-state index contributed by atoms with van der Waals surface area (Å²) in [5.41, 5.74) is 5.61. The van der Waals surface area contributed by atoms with E-state index in [1.54, 1.807) is 6.07 Å². The monoisotopic (exact) mass is 286 g/mol. The van der Waals surface area contributed by atoms with Crippen LogP contribution in [-0.2, 0) is 6.18 Å². The molecule has 0 aliphatic carbocycles. The maximum absolute atomic E-state index is 13.0. The van der Waals surface area contributed by atoms with Gasteiger partial charge in [0.2, 0.25) is 0 Å². The lowest BCUT2D eigenvalue weighted by atomic mass is 9.97. The Morgan fingerprint density at radius 1 is 1.35 bits per heavy atom. The number of piperidine rings is 1. The quantitative estimate of drug-likeness (QED) is 0.922. The van der Waals surface area contributed by atoms with Gasteiger partial charge in [0, 0.05) is 19.1 Å². The summed E-state index contributed by atoms with van der Waals surface area (Å²) in [6, 6.07) is 5.01. The van der Waals surface area contributed by atoms with Crippen molar-refractivity contribution in [2.75, 3.05) is 19.6 Å². The number of halogens is 3. The molecule has 0 radical (unpaired) electrons. The Balaban J connectivity index is 2.11. The molecule has 1 aromatic carbocycles. The highest BCUT2D eigenvalue weighted by Crippen LogP contribution is 2.34. The molecule has 20 heavy (non-hydrogen) atoms. The standard InChI is InChI=1S/C15H21F3N2/c1-11-5-4-8-20(9-11)10-14(19)12-6-2-3-7-13(12)15(16,17)18/h2-3,6-7,11,14H,4-5,8-10,19H2,1H3. The van der Waals surface area contributed by atoms with Crippen molar-refractivity contribution in [2.24, 2.45) is 11.7 Å². The van der Waals surface area contributed by atoms with Crippen LogP contribution in [0.3, 0.4) is 0 Å². The third-order valence-corrected chi connectivity index (χ3v) is 3.86. The summed E-state index contributed by atoms with van der Waals surface area (Å²) in [6.45, 7) is 4.49. The number of rotatable bonds is 3. The molecule has 1 aliphatic heterocycles. The van der Waals surface area contributed by atoms with Crippen LogP contribution in [0.5, 0.6) is 0 Å². The van der Waals surface area contributed by atoms with Gasteiger partial charge in [0.05, 0.1) is 5.56 Å². The summed E-state index contributed by atoms with van der Waals surface area (Å²) in [6.07, 6.45) is -2.07. The minimum atomic E-state index is -4.34. The van der Waals surface area contributed by atoms with Crippen LogP contribution in [0.15, 0.2) is 24.3 Å². The molecule has 0 spiro atoms. The molecule has 5 heteroatoms. The topological polar surface area (TPSA) is 29.3 Å². The molecule has 2 atom stereocenters. The van der Waals surface area contributed by atoms with E-state index in [9.17, 15) is 13.2 Å². The van der Waals surface area contributed by atoms with Crippen LogP contribution in [-0.4, -0.2) is 24.5 Å². The van der Waals surface area contributed by atoms with Crippen LogP contribution in [0.25, 0.3) is 0 Å². The van der Waals surface area contributed by atoms with Gasteiger partial charge in [-0.1, -0.05) is 25.1 Å². The average Bonchev–Trinajstić information content (AvgIpc) is 2.37. The lowest BCUT2D eigenvalue weighted by molar-refractivity contribution is -0.138. The Labute approximate surface area is 117 Å². The average molecular weight is 286 g/mol. The first-order valence-electron chi connectivity index (χ1n) is 7.02. The number of alkyl halides is 3. The third kappa shape index (κ3) is 3.73. The van der Waals surface area contributed by atoms with Gasteiger partial charge >= 0.3 is 6.18 Å². The molecule has 0 amide bonds. The zero-order valence-corrected chi connectivity index (χ0v) is 11.7. The van der Waals surface area contributed by atoms with Gasteiger partial charge in [-0.05, 0) is 36.9 Å². The van der Waals surface area contributed by atoms with Gasteiger partial charge in [-0.25, -0.2) is 0 Å². The first-order chi connectivity index (χ1) is 9.38. The van der Waals surface area contributed by atoms with E-state index in [1.807, 2.05) is 0 Å². The number of nitrogens with two attached hydrogens (primary N) is 1. The number of nitrogens with zero attached hydrogens (tertiary/aromatic N) is 1. The maximum atomic E-state index is 13.0. The summed E-state index contributed by atoms with van der Waals surface area (Å²) in [4.78, 5) is 2.17. The van der Waals surface area contributed by atoms with Crippen molar-refractivity contribution in [2.45, 2.75) is 32.0 Å². The summed E-state index contributed by atoms with van der Waals surface area (Å²) in [5.74, 6) is 0.591. The van der Waals surface area contributed by atoms with Gasteiger partial charge in [0.15, 0.2) is 0 Å². The largest absolute Gasteiger partial charge is 0.416 e. The second kappa shape index (κ2) is 6.14. The second-order valence-electron chi connectivity index (χ2n) is 5.70. The van der Waals surface area contributed by atoms with Crippen LogP contribution < -0.4 is 5.73 Å². The fourth-order valence-corrected chi connectivity index (χ4v) is 2.91. The van der Waals surface area contributed by atoms with Crippen LogP contribution in [0.2, 0.25) is 0 Å². The van der Waals surface area contributed by atoms with E-state index in [-0.39, 0.29) is 5.56 Å². The van der Waals surface area contributed by atoms with Gasteiger partial charge in [-0.15, -0.1) is 0 Å². The predicted octanol–water partition coefficient (Wildman–Crippen LogP) is 3.44. The van der Waals surface area contributed by atoms with Gasteiger partial charge in [0.1, 0.15) is 0 Å². The molecular formula is C15H21F3N2. The lowest BCUT2D eigenvalue weighted by Gasteiger charge is -2.33. The minimum absolute atomic E-state index is 0.193. The second-order valence-corrected chi connectivity index (χ2v) is 5.70. The van der Waals surface area contributed by atoms with Crippen molar-refractivity contribution in [3.8, 4) is 0 Å². The Hall–Kier alpha value is -1.07. The highest BCUT2D eigenvalue weighted by atomic mass is 19.4. The van der Waals surface area contributed by atoms with E-state index in [2.05, 4.69) is 11.8 Å². The van der Waals surface area contributed by atoms with Gasteiger partial charge in [0.25, 0.3) is 0 Å². The summed E-state index contributed by atoms with van der Waals surface area (Å²) in [5, 5.41) is 0. The molecule has 1 aliphatic rings. The zero-order valence-electron chi connectivity index (χ0n) is 11.7. The maximum Gasteiger partial charge on any atom is 0.416 e. The Morgan fingerprint density at radius 2 is 2.05 bits per heavy atom. The summed E-state index contributed by atoms with van der Waals surface area (Å²) in [7, 11) is 0. The van der Waals surface area contributed by atoms with Crippen LogP contribution in [0, 0.1) is 5.92 Å². The molecule has 112 valence electrons. The molecule has 0 aromatic heterocycles. The zero-order chi connectivity index (χ0) is 14.8. The molecule has 0 bridgehead atoms. The SMILES string of the molecule is CC1CCCN(CC(N)c2ccccc2C(F)(F)F)C1. The number of hydrogen-bond donors (Lipinski definition) is 1. The highest BCUT2D eigenvalue weighted by molar-refractivity contribution is 5.32. The van der Waals surface area contributed by atoms with Gasteiger partial charge in [-0.2, -0.15) is 13.2 Å². The number of benzene rings is 1. The first-order valence-corrected chi connectivity index (χ1v) is 7.02.